The third kappa shape index (κ3) is 2.98. The Morgan fingerprint density at radius 3 is 2.88 bits per heavy atom. The van der Waals surface area contributed by atoms with Crippen LogP contribution in [0.15, 0.2) is 21.8 Å². The molecular formula is C11H13I2O3-. The van der Waals surface area contributed by atoms with Crippen molar-refractivity contribution < 1.29 is 14.6 Å². The molecule has 3 unspecified atom stereocenters. The summed E-state index contributed by atoms with van der Waals surface area (Å²) in [5, 5.41) is 11.2. The molecule has 1 aliphatic carbocycles. The van der Waals surface area contributed by atoms with E-state index in [1.807, 2.05) is 26.0 Å². The number of ether oxygens (including phenoxy) is 1. The lowest BCUT2D eigenvalue weighted by atomic mass is 9.84. The van der Waals surface area contributed by atoms with Gasteiger partial charge in [0.15, 0.2) is 0 Å². The topological polar surface area (TPSA) is 49.4 Å². The zero-order valence-electron chi connectivity index (χ0n) is 9.07. The van der Waals surface area contributed by atoms with E-state index in [0.29, 0.717) is 6.61 Å². The number of alkyl halides is 1. The van der Waals surface area contributed by atoms with Crippen molar-refractivity contribution in [1.82, 2.24) is 0 Å². The monoisotopic (exact) mass is 447 g/mol. The molecule has 0 bridgehead atoms. The predicted octanol–water partition coefficient (Wildman–Crippen LogP) is 1.84. The Balaban J connectivity index is 3.01. The number of allylic oxidation sites excluding steroid dienone is 2. The highest BCUT2D eigenvalue weighted by Crippen LogP contribution is 2.40. The average molecular weight is 447 g/mol. The van der Waals surface area contributed by atoms with Crippen LogP contribution in [0.25, 0.3) is 0 Å². The lowest BCUT2D eigenvalue weighted by Crippen LogP contribution is -2.49. The van der Waals surface area contributed by atoms with Gasteiger partial charge in [0, 0.05) is 16.1 Å². The number of rotatable bonds is 4. The molecule has 3 nitrogen and oxygen atoms in total. The van der Waals surface area contributed by atoms with Crippen LogP contribution in [0.2, 0.25) is 0 Å². The van der Waals surface area contributed by atoms with Gasteiger partial charge >= 0.3 is 0 Å². The summed E-state index contributed by atoms with van der Waals surface area (Å²) in [4.78, 5) is 11.2. The van der Waals surface area contributed by atoms with Crippen LogP contribution in [0, 0.1) is 5.92 Å². The van der Waals surface area contributed by atoms with E-state index in [4.69, 9.17) is 4.74 Å². The summed E-state index contributed by atoms with van der Waals surface area (Å²) in [6, 6.07) is 0. The van der Waals surface area contributed by atoms with Crippen LogP contribution in [0.1, 0.15) is 13.8 Å². The molecule has 1 aliphatic rings. The van der Waals surface area contributed by atoms with E-state index < -0.39 is 15.3 Å². The van der Waals surface area contributed by atoms with Crippen LogP contribution in [0.5, 0.6) is 0 Å². The Morgan fingerprint density at radius 2 is 2.38 bits per heavy atom. The van der Waals surface area contributed by atoms with E-state index >= 15 is 0 Å². The lowest BCUT2D eigenvalue weighted by Gasteiger charge is -2.39. The molecule has 0 saturated heterocycles. The van der Waals surface area contributed by atoms with Crippen molar-refractivity contribution in [2.45, 2.75) is 23.4 Å². The molecule has 0 aromatic heterocycles. The van der Waals surface area contributed by atoms with Gasteiger partial charge in [0.25, 0.3) is 0 Å². The molecule has 5 heteroatoms. The lowest BCUT2D eigenvalue weighted by molar-refractivity contribution is -0.310. The maximum atomic E-state index is 11.2. The maximum absolute atomic E-state index is 11.2. The third-order valence-corrected chi connectivity index (χ3v) is 5.22. The molecule has 0 fully saturated rings. The average Bonchev–Trinajstić information content (AvgIpc) is 2.22. The van der Waals surface area contributed by atoms with Gasteiger partial charge in [0.1, 0.15) is 0 Å². The molecule has 0 heterocycles. The van der Waals surface area contributed by atoms with Crippen molar-refractivity contribution in [3.05, 3.63) is 21.8 Å². The standard InChI is InChI=1S/C11H14I2O3/c1-3-16-7(2)11(13)5-4-8(12)6-9(11)10(14)15/h4-7,9H,3H2,1-2H3,(H,14,15)/p-1. The van der Waals surface area contributed by atoms with Gasteiger partial charge in [-0.05, 0) is 36.4 Å². The summed E-state index contributed by atoms with van der Waals surface area (Å²) in [6.07, 6.45) is 5.37. The third-order valence-electron chi connectivity index (χ3n) is 2.59. The molecule has 1 rings (SSSR count). The van der Waals surface area contributed by atoms with Crippen LogP contribution in [0.4, 0.5) is 0 Å². The fraction of sp³-hybridized carbons (Fsp3) is 0.545. The van der Waals surface area contributed by atoms with Crippen LogP contribution in [-0.4, -0.2) is 22.1 Å². The summed E-state index contributed by atoms with van der Waals surface area (Å²) in [5.41, 5.74) is 0. The largest absolute Gasteiger partial charge is 0.549 e. The smallest absolute Gasteiger partial charge is 0.0778 e. The van der Waals surface area contributed by atoms with Gasteiger partial charge in [0.05, 0.1) is 15.5 Å². The van der Waals surface area contributed by atoms with Gasteiger partial charge in [-0.25, -0.2) is 0 Å². The molecule has 16 heavy (non-hydrogen) atoms. The molecule has 90 valence electrons. The Kier molecular flexibility index (Phi) is 5.24. The molecule has 0 N–H and O–H groups in total. The first-order valence-electron chi connectivity index (χ1n) is 4.99. The van der Waals surface area contributed by atoms with Gasteiger partial charge in [0.2, 0.25) is 0 Å². The second-order valence-electron chi connectivity index (χ2n) is 3.61. The van der Waals surface area contributed by atoms with Gasteiger partial charge in [-0.1, -0.05) is 40.8 Å². The minimum Gasteiger partial charge on any atom is -0.549 e. The molecule has 0 radical (unpaired) electrons. The summed E-state index contributed by atoms with van der Waals surface area (Å²) in [6.45, 7) is 4.36. The van der Waals surface area contributed by atoms with Gasteiger partial charge in [-0.3, -0.25) is 0 Å². The van der Waals surface area contributed by atoms with E-state index in [-0.39, 0.29) is 6.10 Å². The van der Waals surface area contributed by atoms with Crippen molar-refractivity contribution >= 4 is 51.2 Å². The minimum atomic E-state index is -1.06. The van der Waals surface area contributed by atoms with Crippen molar-refractivity contribution in [2.75, 3.05) is 6.61 Å². The van der Waals surface area contributed by atoms with Gasteiger partial charge in [-0.15, -0.1) is 0 Å². The second-order valence-corrected chi connectivity index (χ2v) is 6.72. The van der Waals surface area contributed by atoms with Crippen LogP contribution < -0.4 is 5.11 Å². The number of halogens is 2. The van der Waals surface area contributed by atoms with Crippen molar-refractivity contribution in [2.24, 2.45) is 5.92 Å². The molecule has 0 saturated carbocycles. The van der Waals surface area contributed by atoms with E-state index in [1.165, 1.54) is 0 Å². The number of hydrogen-bond donors (Lipinski definition) is 0. The van der Waals surface area contributed by atoms with Gasteiger partial charge < -0.3 is 14.6 Å². The molecule has 3 atom stereocenters. The maximum Gasteiger partial charge on any atom is 0.0778 e. The first-order valence-corrected chi connectivity index (χ1v) is 7.15. The van der Waals surface area contributed by atoms with Crippen LogP contribution in [-0.2, 0) is 9.53 Å². The fourth-order valence-electron chi connectivity index (χ4n) is 1.67. The molecule has 0 aromatic carbocycles. The molecular weight excluding hydrogens is 434 g/mol. The molecule has 0 aromatic rings. The summed E-state index contributed by atoms with van der Waals surface area (Å²) in [5.74, 6) is -1.70. The minimum absolute atomic E-state index is 0.169. The summed E-state index contributed by atoms with van der Waals surface area (Å²) < 4.78 is 5.87. The van der Waals surface area contributed by atoms with E-state index in [9.17, 15) is 9.90 Å². The Hall–Kier alpha value is 0.370. The summed E-state index contributed by atoms with van der Waals surface area (Å²) >= 11 is 4.25. The highest BCUT2D eigenvalue weighted by Gasteiger charge is 2.41. The van der Waals surface area contributed by atoms with Crippen molar-refractivity contribution in [3.63, 3.8) is 0 Å². The number of hydrogen-bond acceptors (Lipinski definition) is 3. The zero-order chi connectivity index (χ0) is 12.3. The van der Waals surface area contributed by atoms with E-state index in [2.05, 4.69) is 45.2 Å². The number of aliphatic carboxylic acids is 1. The van der Waals surface area contributed by atoms with E-state index in [1.54, 1.807) is 6.08 Å². The molecule has 0 aliphatic heterocycles. The van der Waals surface area contributed by atoms with Crippen molar-refractivity contribution in [3.8, 4) is 0 Å². The zero-order valence-corrected chi connectivity index (χ0v) is 13.4. The molecule has 0 amide bonds. The highest BCUT2D eigenvalue weighted by atomic mass is 127. The normalized spacial score (nSPS) is 31.0. The first-order chi connectivity index (χ1) is 7.41. The van der Waals surface area contributed by atoms with E-state index in [0.717, 1.165) is 3.58 Å². The Morgan fingerprint density at radius 1 is 1.75 bits per heavy atom. The predicted molar refractivity (Wildman–Crippen MR) is 77.6 cm³/mol. The molecule has 0 spiro atoms. The fourth-order valence-corrected chi connectivity index (χ4v) is 3.00. The second kappa shape index (κ2) is 5.81. The number of carbonyl (C=O) groups is 1. The number of carbonyl (C=O) groups excluding carboxylic acids is 1. The Bertz CT molecular complexity index is 338. The first kappa shape index (κ1) is 14.4. The SMILES string of the molecule is CCOC(C)C1(I)C=CC(I)=CC1C(=O)[O-]. The number of carboxylic acid groups (broad SMARTS) is 1. The van der Waals surface area contributed by atoms with Crippen LogP contribution >= 0.6 is 45.2 Å². The van der Waals surface area contributed by atoms with Gasteiger partial charge in [-0.2, -0.15) is 0 Å². The van der Waals surface area contributed by atoms with Crippen LogP contribution in [0.3, 0.4) is 0 Å². The number of carboxylic acids is 1. The summed E-state index contributed by atoms with van der Waals surface area (Å²) in [7, 11) is 0. The highest BCUT2D eigenvalue weighted by molar-refractivity contribution is 14.1. The van der Waals surface area contributed by atoms with Crippen molar-refractivity contribution in [1.29, 1.82) is 0 Å². The Labute approximate surface area is 123 Å². The quantitative estimate of drug-likeness (QED) is 0.489.